The van der Waals surface area contributed by atoms with Gasteiger partial charge in [0.25, 0.3) is 5.56 Å². The first kappa shape index (κ1) is 13.1. The van der Waals surface area contributed by atoms with Gasteiger partial charge in [-0.2, -0.15) is 0 Å². The fourth-order valence-electron chi connectivity index (χ4n) is 3.31. The van der Waals surface area contributed by atoms with Crippen LogP contribution in [0, 0.1) is 0 Å². The summed E-state index contributed by atoms with van der Waals surface area (Å²) in [6, 6.07) is 13.5. The van der Waals surface area contributed by atoms with E-state index in [0.717, 1.165) is 34.6 Å². The second-order valence-electron chi connectivity index (χ2n) is 5.67. The topological polar surface area (TPSA) is 44.1 Å². The van der Waals surface area contributed by atoms with Crippen molar-refractivity contribution in [1.29, 1.82) is 0 Å². The van der Waals surface area contributed by atoms with Gasteiger partial charge in [0, 0.05) is 17.2 Å². The van der Waals surface area contributed by atoms with E-state index >= 15 is 0 Å². The maximum Gasteiger partial charge on any atom is 0.261 e. The Morgan fingerprint density at radius 2 is 2.00 bits per heavy atom. The molecule has 2 heterocycles. The predicted octanol–water partition coefficient (Wildman–Crippen LogP) is 3.19. The Morgan fingerprint density at radius 1 is 1.18 bits per heavy atom. The van der Waals surface area contributed by atoms with Gasteiger partial charge >= 0.3 is 0 Å². The lowest BCUT2D eigenvalue weighted by molar-refractivity contribution is 0.402. The first-order valence-corrected chi connectivity index (χ1v) is 7.38. The maximum absolute atomic E-state index is 12.8. The molecule has 0 bridgehead atoms. The third-order valence-electron chi connectivity index (χ3n) is 4.34. The van der Waals surface area contributed by atoms with Gasteiger partial charge in [-0.25, -0.2) is 4.98 Å². The highest BCUT2D eigenvalue weighted by Crippen LogP contribution is 2.37. The molecule has 0 saturated heterocycles. The highest BCUT2D eigenvalue weighted by atomic mass is 16.5. The lowest BCUT2D eigenvalue weighted by atomic mass is 9.94. The molecule has 0 aliphatic carbocycles. The van der Waals surface area contributed by atoms with Crippen molar-refractivity contribution in [2.45, 2.75) is 19.4 Å². The number of benzene rings is 2. The first-order valence-electron chi connectivity index (χ1n) is 7.38. The summed E-state index contributed by atoms with van der Waals surface area (Å²) < 4.78 is 7.29. The number of hydrogen-bond donors (Lipinski definition) is 0. The van der Waals surface area contributed by atoms with Crippen LogP contribution in [0.3, 0.4) is 0 Å². The minimum Gasteiger partial charge on any atom is -0.496 e. The van der Waals surface area contributed by atoms with Gasteiger partial charge in [-0.15, -0.1) is 0 Å². The lowest BCUT2D eigenvalue weighted by Gasteiger charge is -2.28. The Labute approximate surface area is 128 Å². The van der Waals surface area contributed by atoms with Crippen molar-refractivity contribution in [3.63, 3.8) is 0 Å². The van der Waals surface area contributed by atoms with Crippen LogP contribution in [0.15, 0.2) is 47.3 Å². The highest BCUT2D eigenvalue weighted by Gasteiger charge is 2.26. The SMILES string of the molecule is COc1cccc2c1CC(C)n1c-2nc2ccccc2c1=O. The molecule has 22 heavy (non-hydrogen) atoms. The van der Waals surface area contributed by atoms with E-state index in [1.165, 1.54) is 0 Å². The number of nitrogens with zero attached hydrogens (tertiary/aromatic N) is 2. The van der Waals surface area contributed by atoms with Gasteiger partial charge in [-0.1, -0.05) is 24.3 Å². The summed E-state index contributed by atoms with van der Waals surface area (Å²) in [6.07, 6.45) is 0.770. The molecular formula is C18H16N2O2. The van der Waals surface area contributed by atoms with Crippen LogP contribution in [0.2, 0.25) is 0 Å². The Bertz CT molecular complexity index is 943. The van der Waals surface area contributed by atoms with Crippen LogP contribution < -0.4 is 10.3 Å². The van der Waals surface area contributed by atoms with Crippen molar-refractivity contribution >= 4 is 10.9 Å². The molecule has 0 radical (unpaired) electrons. The molecule has 1 unspecified atom stereocenters. The summed E-state index contributed by atoms with van der Waals surface area (Å²) >= 11 is 0. The Morgan fingerprint density at radius 3 is 2.82 bits per heavy atom. The van der Waals surface area contributed by atoms with E-state index in [1.54, 1.807) is 7.11 Å². The molecule has 110 valence electrons. The molecule has 2 aromatic carbocycles. The molecule has 0 spiro atoms. The third-order valence-corrected chi connectivity index (χ3v) is 4.34. The van der Waals surface area contributed by atoms with E-state index < -0.39 is 0 Å². The normalized spacial score (nSPS) is 16.2. The number of ether oxygens (including phenoxy) is 1. The third kappa shape index (κ3) is 1.70. The summed E-state index contributed by atoms with van der Waals surface area (Å²) in [5, 5.41) is 0.671. The average Bonchev–Trinajstić information content (AvgIpc) is 2.54. The molecule has 0 amide bonds. The number of para-hydroxylation sites is 1. The van der Waals surface area contributed by atoms with Crippen LogP contribution in [0.4, 0.5) is 0 Å². The van der Waals surface area contributed by atoms with Crippen LogP contribution in [0.1, 0.15) is 18.5 Å². The van der Waals surface area contributed by atoms with Gasteiger partial charge in [0.15, 0.2) is 0 Å². The van der Waals surface area contributed by atoms with E-state index in [2.05, 4.69) is 6.92 Å². The van der Waals surface area contributed by atoms with Gasteiger partial charge in [-0.3, -0.25) is 9.36 Å². The van der Waals surface area contributed by atoms with Crippen LogP contribution in [-0.2, 0) is 6.42 Å². The van der Waals surface area contributed by atoms with Crippen LogP contribution in [0.5, 0.6) is 5.75 Å². The molecule has 4 rings (SSSR count). The van der Waals surface area contributed by atoms with Gasteiger partial charge in [0.05, 0.1) is 18.0 Å². The van der Waals surface area contributed by atoms with Crippen molar-refractivity contribution in [3.05, 3.63) is 58.4 Å². The van der Waals surface area contributed by atoms with Gasteiger partial charge in [0.1, 0.15) is 11.6 Å². The summed E-state index contributed by atoms with van der Waals surface area (Å²) in [6.45, 7) is 2.05. The molecule has 4 heteroatoms. The molecule has 0 saturated carbocycles. The van der Waals surface area contributed by atoms with E-state index in [0.29, 0.717) is 5.39 Å². The quantitative estimate of drug-likeness (QED) is 0.692. The van der Waals surface area contributed by atoms with Gasteiger partial charge < -0.3 is 4.74 Å². The zero-order valence-corrected chi connectivity index (χ0v) is 12.5. The molecular weight excluding hydrogens is 276 g/mol. The molecule has 4 nitrogen and oxygen atoms in total. The minimum atomic E-state index is 0.0292. The lowest BCUT2D eigenvalue weighted by Crippen LogP contribution is -2.30. The first-order chi connectivity index (χ1) is 10.7. The minimum absolute atomic E-state index is 0.0292. The summed E-state index contributed by atoms with van der Waals surface area (Å²) in [5.41, 5.74) is 2.88. The van der Waals surface area contributed by atoms with Gasteiger partial charge in [0.2, 0.25) is 0 Å². The second-order valence-corrected chi connectivity index (χ2v) is 5.67. The Hall–Kier alpha value is -2.62. The zero-order valence-electron chi connectivity index (χ0n) is 12.5. The predicted molar refractivity (Wildman–Crippen MR) is 86.4 cm³/mol. The van der Waals surface area contributed by atoms with E-state index in [-0.39, 0.29) is 11.6 Å². The Balaban J connectivity index is 2.13. The number of aromatic nitrogens is 2. The van der Waals surface area contributed by atoms with E-state index in [4.69, 9.17) is 9.72 Å². The molecule has 1 atom stereocenters. The van der Waals surface area contributed by atoms with Gasteiger partial charge in [-0.05, 0) is 31.5 Å². The van der Waals surface area contributed by atoms with Crippen LogP contribution >= 0.6 is 0 Å². The number of hydrogen-bond acceptors (Lipinski definition) is 3. The zero-order chi connectivity index (χ0) is 15.3. The summed E-state index contributed by atoms with van der Waals surface area (Å²) in [7, 11) is 1.68. The van der Waals surface area contributed by atoms with Crippen molar-refractivity contribution in [1.82, 2.24) is 9.55 Å². The van der Waals surface area contributed by atoms with Crippen LogP contribution in [-0.4, -0.2) is 16.7 Å². The smallest absolute Gasteiger partial charge is 0.261 e. The fraction of sp³-hybridized carbons (Fsp3) is 0.222. The second kappa shape index (κ2) is 4.70. The number of methoxy groups -OCH3 is 1. The number of rotatable bonds is 1. The largest absolute Gasteiger partial charge is 0.496 e. The maximum atomic E-state index is 12.8. The summed E-state index contributed by atoms with van der Waals surface area (Å²) in [5.74, 6) is 1.59. The highest BCUT2D eigenvalue weighted by molar-refractivity contribution is 5.81. The Kier molecular flexibility index (Phi) is 2.79. The van der Waals surface area contributed by atoms with Crippen molar-refractivity contribution in [2.24, 2.45) is 0 Å². The fourth-order valence-corrected chi connectivity index (χ4v) is 3.31. The molecule has 1 aliphatic heterocycles. The molecule has 0 N–H and O–H groups in total. The molecule has 0 fully saturated rings. The standard InChI is InChI=1S/C18H16N2O2/c1-11-10-14-12(7-5-9-16(14)22-2)17-19-15-8-4-3-6-13(15)18(21)20(11)17/h3-9,11H,10H2,1-2H3. The van der Waals surface area contributed by atoms with Crippen molar-refractivity contribution in [3.8, 4) is 17.1 Å². The van der Waals surface area contributed by atoms with E-state index in [9.17, 15) is 4.79 Å². The molecule has 3 aromatic rings. The molecule has 1 aliphatic rings. The molecule has 1 aromatic heterocycles. The number of fused-ring (bicyclic) bond motifs is 4. The summed E-state index contributed by atoms with van der Waals surface area (Å²) in [4.78, 5) is 17.6. The van der Waals surface area contributed by atoms with E-state index in [1.807, 2.05) is 47.0 Å². The average molecular weight is 292 g/mol. The van der Waals surface area contributed by atoms with Crippen molar-refractivity contribution < 1.29 is 4.74 Å². The monoisotopic (exact) mass is 292 g/mol. The van der Waals surface area contributed by atoms with Crippen molar-refractivity contribution in [2.75, 3.05) is 7.11 Å². The van der Waals surface area contributed by atoms with Crippen LogP contribution in [0.25, 0.3) is 22.3 Å².